The van der Waals surface area contributed by atoms with Crippen LogP contribution in [0.2, 0.25) is 0 Å². The van der Waals surface area contributed by atoms with Gasteiger partial charge in [-0.3, -0.25) is 9.69 Å². The molecule has 0 aromatic carbocycles. The Morgan fingerprint density at radius 1 is 1.50 bits per heavy atom. The van der Waals surface area contributed by atoms with E-state index in [-0.39, 0.29) is 11.9 Å². The van der Waals surface area contributed by atoms with E-state index in [9.17, 15) is 4.79 Å². The summed E-state index contributed by atoms with van der Waals surface area (Å²) in [6.07, 6.45) is 1.71. The monoisotopic (exact) mass is 216 g/mol. The molecule has 78 valence electrons. The van der Waals surface area contributed by atoms with Gasteiger partial charge in [0.25, 0.3) is 5.91 Å². The molecule has 1 saturated heterocycles. The Balaban J connectivity index is 2.04. The molecule has 6 heteroatoms. The van der Waals surface area contributed by atoms with E-state index in [0.717, 1.165) is 26.2 Å². The Morgan fingerprint density at radius 2 is 2.21 bits per heavy atom. The molecule has 0 radical (unpaired) electrons. The predicted molar refractivity (Wildman–Crippen MR) is 54.5 cm³/mol. The van der Waals surface area contributed by atoms with Gasteiger partial charge >= 0.3 is 0 Å². The number of nitrogens with zero attached hydrogens (tertiary/aromatic N) is 2. The van der Waals surface area contributed by atoms with Crippen molar-refractivity contribution in [2.24, 2.45) is 5.10 Å². The summed E-state index contributed by atoms with van der Waals surface area (Å²) in [7, 11) is 0. The molecule has 1 fully saturated rings. The van der Waals surface area contributed by atoms with E-state index in [4.69, 9.17) is 11.6 Å². The van der Waals surface area contributed by atoms with Crippen LogP contribution in [0.5, 0.6) is 0 Å². The largest absolute Gasteiger partial charge is 0.314 e. The first-order chi connectivity index (χ1) is 6.79. The Kier molecular flexibility index (Phi) is 3.00. The molecule has 1 amide bonds. The Bertz CT molecular complexity index is 252. The summed E-state index contributed by atoms with van der Waals surface area (Å²) in [6, 6.07) is -0.0625. The van der Waals surface area contributed by atoms with Crippen molar-refractivity contribution in [3.63, 3.8) is 0 Å². The number of hydrogen-bond donors (Lipinski definition) is 2. The van der Waals surface area contributed by atoms with Crippen LogP contribution in [0.1, 0.15) is 0 Å². The van der Waals surface area contributed by atoms with Gasteiger partial charge in [0, 0.05) is 32.4 Å². The molecule has 2 heterocycles. The van der Waals surface area contributed by atoms with Crippen LogP contribution in [0.15, 0.2) is 5.10 Å². The number of hydrazone groups is 1. The quantitative estimate of drug-likeness (QED) is 0.552. The van der Waals surface area contributed by atoms with Gasteiger partial charge in [-0.1, -0.05) is 0 Å². The summed E-state index contributed by atoms with van der Waals surface area (Å²) in [5, 5.41) is 6.52. The highest BCUT2D eigenvalue weighted by Gasteiger charge is 2.33. The van der Waals surface area contributed by atoms with E-state index >= 15 is 0 Å². The summed E-state index contributed by atoms with van der Waals surface area (Å²) in [6.45, 7) is 3.70. The predicted octanol–water partition coefficient (Wildman–Crippen LogP) is -1.02. The molecular formula is C8H13ClN4O. The molecule has 14 heavy (non-hydrogen) atoms. The summed E-state index contributed by atoms with van der Waals surface area (Å²) in [5.41, 5.74) is 2.36. The Labute approximate surface area is 87.5 Å². The van der Waals surface area contributed by atoms with Gasteiger partial charge in [-0.15, -0.1) is 11.6 Å². The molecule has 0 unspecified atom stereocenters. The van der Waals surface area contributed by atoms with E-state index in [1.807, 2.05) is 0 Å². The SMILES string of the molecule is O=C1NN=C[C@H](N2CCNCC2)[C@@H]1Cl. The van der Waals surface area contributed by atoms with E-state index in [0.29, 0.717) is 0 Å². The van der Waals surface area contributed by atoms with Crippen LogP contribution in [-0.4, -0.2) is 54.6 Å². The molecular weight excluding hydrogens is 204 g/mol. The molecule has 2 rings (SSSR count). The van der Waals surface area contributed by atoms with Crippen molar-refractivity contribution in [2.45, 2.75) is 11.4 Å². The molecule has 2 aliphatic heterocycles. The second-order valence-corrected chi connectivity index (χ2v) is 3.90. The molecule has 0 saturated carbocycles. The molecule has 0 aliphatic carbocycles. The zero-order valence-electron chi connectivity index (χ0n) is 7.74. The molecule has 2 aliphatic rings. The van der Waals surface area contributed by atoms with Crippen LogP contribution in [0, 0.1) is 0 Å². The molecule has 0 spiro atoms. The fourth-order valence-corrected chi connectivity index (χ4v) is 2.00. The van der Waals surface area contributed by atoms with Gasteiger partial charge in [-0.25, -0.2) is 5.43 Å². The van der Waals surface area contributed by atoms with Crippen LogP contribution >= 0.6 is 11.6 Å². The van der Waals surface area contributed by atoms with Crippen LogP contribution in [0.25, 0.3) is 0 Å². The first-order valence-corrected chi connectivity index (χ1v) is 5.14. The van der Waals surface area contributed by atoms with Crippen molar-refractivity contribution in [3.8, 4) is 0 Å². The number of hydrogen-bond acceptors (Lipinski definition) is 4. The number of halogens is 1. The average Bonchev–Trinajstić information content (AvgIpc) is 2.23. The van der Waals surface area contributed by atoms with E-state index in [2.05, 4.69) is 20.7 Å². The lowest BCUT2D eigenvalue weighted by molar-refractivity contribution is -0.121. The van der Waals surface area contributed by atoms with Crippen LogP contribution in [0.3, 0.4) is 0 Å². The fourth-order valence-electron chi connectivity index (χ4n) is 1.73. The topological polar surface area (TPSA) is 56.7 Å². The molecule has 2 atom stereocenters. The number of amides is 1. The minimum Gasteiger partial charge on any atom is -0.314 e. The van der Waals surface area contributed by atoms with Crippen molar-refractivity contribution in [3.05, 3.63) is 0 Å². The third-order valence-corrected chi connectivity index (χ3v) is 2.98. The van der Waals surface area contributed by atoms with Crippen molar-refractivity contribution in [2.75, 3.05) is 26.2 Å². The molecule has 0 bridgehead atoms. The third kappa shape index (κ3) is 1.89. The number of piperazine rings is 1. The maximum Gasteiger partial charge on any atom is 0.260 e. The standard InChI is InChI=1S/C8H13ClN4O/c9-7-6(5-11-12-8(7)14)13-3-1-10-2-4-13/h5-7,10H,1-4H2,(H,12,14)/t6-,7-/m0/s1. The number of nitrogens with one attached hydrogen (secondary N) is 2. The molecule has 2 N–H and O–H groups in total. The number of alkyl halides is 1. The van der Waals surface area contributed by atoms with Crippen molar-refractivity contribution in [1.82, 2.24) is 15.6 Å². The maximum absolute atomic E-state index is 11.2. The number of rotatable bonds is 1. The molecule has 0 aromatic heterocycles. The minimum absolute atomic E-state index is 0.0625. The van der Waals surface area contributed by atoms with E-state index in [1.165, 1.54) is 0 Å². The van der Waals surface area contributed by atoms with Gasteiger partial charge in [-0.2, -0.15) is 5.10 Å². The average molecular weight is 217 g/mol. The zero-order chi connectivity index (χ0) is 9.97. The first-order valence-electron chi connectivity index (χ1n) is 4.71. The van der Waals surface area contributed by atoms with Crippen molar-refractivity contribution in [1.29, 1.82) is 0 Å². The zero-order valence-corrected chi connectivity index (χ0v) is 8.50. The van der Waals surface area contributed by atoms with E-state index < -0.39 is 5.38 Å². The normalized spacial score (nSPS) is 34.2. The lowest BCUT2D eigenvalue weighted by Crippen LogP contribution is -2.56. The van der Waals surface area contributed by atoms with Gasteiger partial charge in [0.1, 0.15) is 5.38 Å². The molecule has 5 nitrogen and oxygen atoms in total. The van der Waals surface area contributed by atoms with Crippen LogP contribution in [-0.2, 0) is 4.79 Å². The van der Waals surface area contributed by atoms with Gasteiger partial charge in [0.2, 0.25) is 0 Å². The second-order valence-electron chi connectivity index (χ2n) is 3.43. The summed E-state index contributed by atoms with van der Waals surface area (Å²) in [4.78, 5) is 13.4. The van der Waals surface area contributed by atoms with Gasteiger partial charge in [0.15, 0.2) is 0 Å². The van der Waals surface area contributed by atoms with Gasteiger partial charge in [-0.05, 0) is 0 Å². The smallest absolute Gasteiger partial charge is 0.260 e. The Morgan fingerprint density at radius 3 is 2.93 bits per heavy atom. The summed E-state index contributed by atoms with van der Waals surface area (Å²) >= 11 is 6.00. The highest BCUT2D eigenvalue weighted by atomic mass is 35.5. The van der Waals surface area contributed by atoms with Crippen molar-refractivity contribution < 1.29 is 4.79 Å². The van der Waals surface area contributed by atoms with Crippen LogP contribution < -0.4 is 10.7 Å². The second kappa shape index (κ2) is 4.25. The summed E-state index contributed by atoms with van der Waals surface area (Å²) in [5.74, 6) is -0.210. The Hall–Kier alpha value is -0.650. The van der Waals surface area contributed by atoms with Crippen molar-refractivity contribution >= 4 is 23.7 Å². The number of carbonyl (C=O) groups is 1. The number of carbonyl (C=O) groups excluding carboxylic acids is 1. The third-order valence-electron chi connectivity index (χ3n) is 2.53. The van der Waals surface area contributed by atoms with Gasteiger partial charge in [0.05, 0.1) is 6.04 Å². The lowest BCUT2D eigenvalue weighted by atomic mass is 10.1. The summed E-state index contributed by atoms with van der Waals surface area (Å²) < 4.78 is 0. The van der Waals surface area contributed by atoms with Gasteiger partial charge < -0.3 is 5.32 Å². The van der Waals surface area contributed by atoms with E-state index in [1.54, 1.807) is 6.21 Å². The lowest BCUT2D eigenvalue weighted by Gasteiger charge is -2.35. The maximum atomic E-state index is 11.2. The first kappa shape index (κ1) is 9.89. The highest BCUT2D eigenvalue weighted by molar-refractivity contribution is 6.32. The fraction of sp³-hybridized carbons (Fsp3) is 0.750. The highest BCUT2D eigenvalue weighted by Crippen LogP contribution is 2.13. The van der Waals surface area contributed by atoms with Crippen LogP contribution in [0.4, 0.5) is 0 Å². The molecule has 0 aromatic rings. The minimum atomic E-state index is -0.523.